The summed E-state index contributed by atoms with van der Waals surface area (Å²) in [5.41, 5.74) is 0.724. The van der Waals surface area contributed by atoms with Crippen molar-refractivity contribution < 1.29 is 14.0 Å². The van der Waals surface area contributed by atoms with E-state index in [4.69, 9.17) is 0 Å². The van der Waals surface area contributed by atoms with Crippen molar-refractivity contribution in [3.05, 3.63) is 35.1 Å². The SMILES string of the molecule is Cc1cccc(F)c1C(=O)NC[C@H]1[C@@H]2CNC[C@@H](C2)[C@@H]2CCCC(=O)N21. The first-order chi connectivity index (χ1) is 12.6. The second-order valence-corrected chi connectivity index (χ2v) is 7.88. The zero-order chi connectivity index (χ0) is 18.3. The van der Waals surface area contributed by atoms with E-state index in [1.165, 1.54) is 6.07 Å². The molecule has 5 nitrogen and oxygen atoms in total. The number of hydrogen-bond donors (Lipinski definition) is 2. The fourth-order valence-corrected chi connectivity index (χ4v) is 5.10. The first kappa shape index (κ1) is 17.5. The summed E-state index contributed by atoms with van der Waals surface area (Å²) in [7, 11) is 0. The van der Waals surface area contributed by atoms with E-state index in [1.54, 1.807) is 19.1 Å². The van der Waals surface area contributed by atoms with Crippen molar-refractivity contribution in [2.24, 2.45) is 11.8 Å². The first-order valence-corrected chi connectivity index (χ1v) is 9.61. The predicted molar refractivity (Wildman–Crippen MR) is 96.2 cm³/mol. The van der Waals surface area contributed by atoms with Crippen molar-refractivity contribution in [2.75, 3.05) is 19.6 Å². The summed E-state index contributed by atoms with van der Waals surface area (Å²) < 4.78 is 14.1. The molecule has 140 valence electrons. The summed E-state index contributed by atoms with van der Waals surface area (Å²) in [5, 5.41) is 6.40. The third kappa shape index (κ3) is 3.00. The minimum absolute atomic E-state index is 0.00659. The van der Waals surface area contributed by atoms with E-state index in [2.05, 4.69) is 15.5 Å². The third-order valence-electron chi connectivity index (χ3n) is 6.32. The highest BCUT2D eigenvalue weighted by atomic mass is 19.1. The van der Waals surface area contributed by atoms with Gasteiger partial charge < -0.3 is 15.5 Å². The molecule has 0 spiro atoms. The molecule has 3 aliphatic heterocycles. The number of fused-ring (bicyclic) bond motifs is 4. The van der Waals surface area contributed by atoms with E-state index in [9.17, 15) is 14.0 Å². The minimum atomic E-state index is -0.502. The van der Waals surface area contributed by atoms with Crippen LogP contribution < -0.4 is 10.6 Å². The normalized spacial score (nSPS) is 30.7. The van der Waals surface area contributed by atoms with Gasteiger partial charge in [0.15, 0.2) is 0 Å². The lowest BCUT2D eigenvalue weighted by Gasteiger charge is -2.54. The molecular weight excluding hydrogens is 333 g/mol. The van der Waals surface area contributed by atoms with Gasteiger partial charge in [0.2, 0.25) is 5.91 Å². The highest BCUT2D eigenvalue weighted by Crippen LogP contribution is 2.39. The minimum Gasteiger partial charge on any atom is -0.350 e. The molecule has 3 aliphatic rings. The molecule has 1 aromatic rings. The van der Waals surface area contributed by atoms with Crippen LogP contribution in [0.2, 0.25) is 0 Å². The second-order valence-electron chi connectivity index (χ2n) is 7.88. The molecule has 3 heterocycles. The largest absolute Gasteiger partial charge is 0.350 e. The Hall–Kier alpha value is -1.95. The number of amides is 2. The second kappa shape index (κ2) is 6.99. The van der Waals surface area contributed by atoms with Crippen LogP contribution in [0.5, 0.6) is 0 Å². The lowest BCUT2D eigenvalue weighted by Crippen LogP contribution is -2.66. The lowest BCUT2D eigenvalue weighted by molar-refractivity contribution is -0.148. The molecule has 0 unspecified atom stereocenters. The van der Waals surface area contributed by atoms with Gasteiger partial charge in [-0.1, -0.05) is 12.1 Å². The number of hydrogen-bond acceptors (Lipinski definition) is 3. The van der Waals surface area contributed by atoms with Crippen LogP contribution in [0.1, 0.15) is 41.6 Å². The summed E-state index contributed by atoms with van der Waals surface area (Å²) >= 11 is 0. The molecular formula is C20H26FN3O2. The lowest BCUT2D eigenvalue weighted by atomic mass is 9.72. The summed E-state index contributed by atoms with van der Waals surface area (Å²) in [6.45, 7) is 3.96. The number of nitrogens with zero attached hydrogens (tertiary/aromatic N) is 1. The Morgan fingerprint density at radius 1 is 1.35 bits per heavy atom. The van der Waals surface area contributed by atoms with Gasteiger partial charge in [-0.3, -0.25) is 9.59 Å². The Morgan fingerprint density at radius 2 is 2.15 bits per heavy atom. The van der Waals surface area contributed by atoms with Gasteiger partial charge in [-0.15, -0.1) is 0 Å². The Morgan fingerprint density at radius 3 is 2.96 bits per heavy atom. The number of carbonyl (C=O) groups excluding carboxylic acids is 2. The fraction of sp³-hybridized carbons (Fsp3) is 0.600. The Bertz CT molecular complexity index is 703. The summed E-state index contributed by atoms with van der Waals surface area (Å²) in [6, 6.07) is 4.92. The van der Waals surface area contributed by atoms with Gasteiger partial charge in [-0.05, 0) is 56.2 Å². The van der Waals surface area contributed by atoms with E-state index in [1.807, 2.05) is 0 Å². The van der Waals surface area contributed by atoms with Gasteiger partial charge in [-0.25, -0.2) is 4.39 Å². The third-order valence-corrected chi connectivity index (χ3v) is 6.32. The molecule has 2 bridgehead atoms. The Kier molecular flexibility index (Phi) is 4.69. The monoisotopic (exact) mass is 359 g/mol. The molecule has 4 atom stereocenters. The highest BCUT2D eigenvalue weighted by Gasteiger charge is 2.47. The Labute approximate surface area is 153 Å². The molecule has 2 amide bonds. The fourth-order valence-electron chi connectivity index (χ4n) is 5.10. The molecule has 1 aromatic carbocycles. The molecule has 0 aliphatic carbocycles. The quantitative estimate of drug-likeness (QED) is 0.866. The first-order valence-electron chi connectivity index (χ1n) is 9.61. The van der Waals surface area contributed by atoms with Crippen molar-refractivity contribution in [1.82, 2.24) is 15.5 Å². The van der Waals surface area contributed by atoms with Gasteiger partial charge >= 0.3 is 0 Å². The maximum atomic E-state index is 14.1. The number of piperidine rings is 3. The van der Waals surface area contributed by atoms with Crippen LogP contribution in [0.25, 0.3) is 0 Å². The van der Waals surface area contributed by atoms with Crippen LogP contribution in [-0.4, -0.2) is 48.4 Å². The van der Waals surface area contributed by atoms with Crippen LogP contribution in [0.4, 0.5) is 4.39 Å². The zero-order valence-electron chi connectivity index (χ0n) is 15.1. The van der Waals surface area contributed by atoms with Crippen LogP contribution in [0.15, 0.2) is 18.2 Å². The average Bonchev–Trinajstić information content (AvgIpc) is 2.62. The van der Waals surface area contributed by atoms with Crippen LogP contribution in [0, 0.1) is 24.6 Å². The molecule has 4 rings (SSSR count). The van der Waals surface area contributed by atoms with E-state index in [0.717, 1.165) is 32.4 Å². The van der Waals surface area contributed by atoms with Gasteiger partial charge in [0, 0.05) is 25.6 Å². The number of halogens is 1. The molecule has 0 radical (unpaired) electrons. The van der Waals surface area contributed by atoms with E-state index >= 15 is 0 Å². The molecule has 6 heteroatoms. The number of nitrogens with one attached hydrogen (secondary N) is 2. The molecule has 0 saturated carbocycles. The number of carbonyl (C=O) groups is 2. The van der Waals surface area contributed by atoms with E-state index < -0.39 is 11.7 Å². The van der Waals surface area contributed by atoms with Crippen molar-refractivity contribution in [3.8, 4) is 0 Å². The predicted octanol–water partition coefficient (Wildman–Crippen LogP) is 1.85. The summed E-state index contributed by atoms with van der Waals surface area (Å²) in [6.07, 6.45) is 3.69. The zero-order valence-corrected chi connectivity index (χ0v) is 15.1. The molecule has 3 fully saturated rings. The van der Waals surface area contributed by atoms with Crippen molar-refractivity contribution in [1.29, 1.82) is 0 Å². The van der Waals surface area contributed by atoms with Crippen molar-refractivity contribution in [3.63, 3.8) is 0 Å². The Balaban J connectivity index is 1.52. The number of rotatable bonds is 3. The topological polar surface area (TPSA) is 61.4 Å². The molecule has 3 saturated heterocycles. The number of benzene rings is 1. The smallest absolute Gasteiger partial charge is 0.254 e. The maximum absolute atomic E-state index is 14.1. The average molecular weight is 359 g/mol. The van der Waals surface area contributed by atoms with Crippen molar-refractivity contribution >= 4 is 11.8 Å². The van der Waals surface area contributed by atoms with Crippen LogP contribution in [0.3, 0.4) is 0 Å². The van der Waals surface area contributed by atoms with Gasteiger partial charge in [0.25, 0.3) is 5.91 Å². The molecule has 2 N–H and O–H groups in total. The van der Waals surface area contributed by atoms with Gasteiger partial charge in [0.1, 0.15) is 5.82 Å². The van der Waals surface area contributed by atoms with E-state index in [-0.39, 0.29) is 23.6 Å². The van der Waals surface area contributed by atoms with Gasteiger partial charge in [0.05, 0.1) is 11.6 Å². The number of aryl methyl sites for hydroxylation is 1. The summed E-state index contributed by atoms with van der Waals surface area (Å²) in [4.78, 5) is 27.3. The van der Waals surface area contributed by atoms with E-state index in [0.29, 0.717) is 30.4 Å². The van der Waals surface area contributed by atoms with Crippen LogP contribution >= 0.6 is 0 Å². The van der Waals surface area contributed by atoms with Crippen molar-refractivity contribution in [2.45, 2.75) is 44.7 Å². The molecule has 0 aromatic heterocycles. The highest BCUT2D eigenvalue weighted by molar-refractivity contribution is 5.95. The maximum Gasteiger partial charge on any atom is 0.254 e. The standard InChI is InChI=1S/C20H26FN3O2/c1-12-4-2-5-15(21)19(12)20(26)23-11-17-14-8-13(9-22-10-14)16-6-3-7-18(25)24(16)17/h2,4-5,13-14,16-17,22H,3,6-11H2,1H3,(H,23,26)/t13-,14+,16+,17+/m1/s1. The van der Waals surface area contributed by atoms with Gasteiger partial charge in [-0.2, -0.15) is 0 Å². The van der Waals surface area contributed by atoms with Crippen LogP contribution in [-0.2, 0) is 4.79 Å². The summed E-state index contributed by atoms with van der Waals surface area (Å²) in [5.74, 6) is 0.164. The molecule has 26 heavy (non-hydrogen) atoms.